The van der Waals surface area contributed by atoms with Crippen LogP contribution in [-0.4, -0.2) is 36.6 Å². The summed E-state index contributed by atoms with van der Waals surface area (Å²) < 4.78 is 37.1. The average molecular weight is 238 g/mol. The molecule has 1 heterocycles. The molecule has 1 saturated heterocycles. The summed E-state index contributed by atoms with van der Waals surface area (Å²) in [4.78, 5) is 13.0. The Morgan fingerprint density at radius 3 is 2.31 bits per heavy atom. The Kier molecular flexibility index (Phi) is 4.58. The first-order valence-electron chi connectivity index (χ1n) is 5.49. The van der Waals surface area contributed by atoms with E-state index in [1.165, 1.54) is 4.90 Å². The molecule has 0 aromatic carbocycles. The number of nitrogens with two attached hydrogens (primary N) is 1. The van der Waals surface area contributed by atoms with E-state index in [1.807, 2.05) is 0 Å². The van der Waals surface area contributed by atoms with Gasteiger partial charge in [0.25, 0.3) is 0 Å². The summed E-state index contributed by atoms with van der Waals surface area (Å²) in [5.41, 5.74) is 5.27. The van der Waals surface area contributed by atoms with Crippen LogP contribution >= 0.6 is 0 Å². The molecule has 0 radical (unpaired) electrons. The topological polar surface area (TPSA) is 46.3 Å². The van der Waals surface area contributed by atoms with Gasteiger partial charge in [-0.25, -0.2) is 0 Å². The number of halogens is 3. The Bertz CT molecular complexity index is 235. The van der Waals surface area contributed by atoms with Gasteiger partial charge in [0.1, 0.15) is 0 Å². The summed E-state index contributed by atoms with van der Waals surface area (Å²) in [7, 11) is 0. The van der Waals surface area contributed by atoms with E-state index in [1.54, 1.807) is 0 Å². The molecule has 6 heteroatoms. The fourth-order valence-corrected chi connectivity index (χ4v) is 1.87. The van der Waals surface area contributed by atoms with Gasteiger partial charge in [0.2, 0.25) is 5.91 Å². The van der Waals surface area contributed by atoms with Gasteiger partial charge in [-0.05, 0) is 25.8 Å². The Morgan fingerprint density at radius 2 is 1.88 bits per heavy atom. The number of amides is 1. The normalized spacial score (nSPS) is 18.9. The smallest absolute Gasteiger partial charge is 0.343 e. The predicted octanol–water partition coefficient (Wildman–Crippen LogP) is 1.53. The molecule has 94 valence electrons. The van der Waals surface area contributed by atoms with Gasteiger partial charge in [-0.2, -0.15) is 13.2 Å². The summed E-state index contributed by atoms with van der Waals surface area (Å²) in [6.07, 6.45) is -3.13. The van der Waals surface area contributed by atoms with Gasteiger partial charge in [-0.15, -0.1) is 0 Å². The van der Waals surface area contributed by atoms with Gasteiger partial charge < -0.3 is 10.6 Å². The molecule has 2 N–H and O–H groups in total. The highest BCUT2D eigenvalue weighted by atomic mass is 19.4. The molecule has 1 aliphatic rings. The average Bonchev–Trinajstić information content (AvgIpc) is 2.25. The number of piperidine rings is 1. The summed E-state index contributed by atoms with van der Waals surface area (Å²) in [6.45, 7) is 0.867. The lowest BCUT2D eigenvalue weighted by Gasteiger charge is -2.33. The number of rotatable bonds is 3. The van der Waals surface area contributed by atoms with E-state index < -0.39 is 12.1 Å². The Balaban J connectivity index is 2.34. The molecule has 3 nitrogen and oxygen atoms in total. The monoisotopic (exact) mass is 238 g/mol. The first kappa shape index (κ1) is 13.3. The van der Waals surface area contributed by atoms with Crippen LogP contribution < -0.4 is 5.73 Å². The summed E-state index contributed by atoms with van der Waals surface area (Å²) >= 11 is 0. The third-order valence-electron chi connectivity index (χ3n) is 2.91. The van der Waals surface area contributed by atoms with E-state index in [9.17, 15) is 18.0 Å². The number of carbonyl (C=O) groups excluding carboxylic acids is 1. The van der Waals surface area contributed by atoms with Crippen LogP contribution in [0.5, 0.6) is 0 Å². The molecule has 0 spiro atoms. The van der Waals surface area contributed by atoms with Gasteiger partial charge in [-0.1, -0.05) is 0 Å². The second-order valence-electron chi connectivity index (χ2n) is 4.09. The van der Waals surface area contributed by atoms with Crippen molar-refractivity contribution in [2.75, 3.05) is 19.6 Å². The van der Waals surface area contributed by atoms with Crippen LogP contribution in [0.1, 0.15) is 25.7 Å². The fraction of sp³-hybridized carbons (Fsp3) is 0.900. The molecule has 16 heavy (non-hydrogen) atoms. The van der Waals surface area contributed by atoms with Crippen LogP contribution in [0.15, 0.2) is 0 Å². The zero-order valence-electron chi connectivity index (χ0n) is 9.09. The van der Waals surface area contributed by atoms with E-state index in [2.05, 4.69) is 0 Å². The van der Waals surface area contributed by atoms with Gasteiger partial charge >= 0.3 is 6.18 Å². The SMILES string of the molecule is NCCCC(=O)N1CCC(C(F)(F)F)CC1. The summed E-state index contributed by atoms with van der Waals surface area (Å²) in [5, 5.41) is 0. The van der Waals surface area contributed by atoms with Gasteiger partial charge in [0.05, 0.1) is 5.92 Å². The molecular formula is C10H17F3N2O. The Morgan fingerprint density at radius 1 is 1.31 bits per heavy atom. The predicted molar refractivity (Wildman–Crippen MR) is 53.6 cm³/mol. The van der Waals surface area contributed by atoms with Gasteiger partial charge in [0, 0.05) is 19.5 Å². The van der Waals surface area contributed by atoms with Crippen LogP contribution in [0.3, 0.4) is 0 Å². The third-order valence-corrected chi connectivity index (χ3v) is 2.91. The first-order valence-corrected chi connectivity index (χ1v) is 5.49. The summed E-state index contributed by atoms with van der Waals surface area (Å²) in [5.74, 6) is -1.32. The van der Waals surface area contributed by atoms with Crippen molar-refractivity contribution in [3.63, 3.8) is 0 Å². The minimum atomic E-state index is -4.12. The quantitative estimate of drug-likeness (QED) is 0.810. The maximum Gasteiger partial charge on any atom is 0.391 e. The van der Waals surface area contributed by atoms with Crippen molar-refractivity contribution in [3.05, 3.63) is 0 Å². The van der Waals surface area contributed by atoms with Crippen LogP contribution in [0.25, 0.3) is 0 Å². The highest BCUT2D eigenvalue weighted by Crippen LogP contribution is 2.34. The van der Waals surface area contributed by atoms with E-state index in [4.69, 9.17) is 5.73 Å². The molecule has 0 aliphatic carbocycles. The van der Waals surface area contributed by atoms with E-state index in [-0.39, 0.29) is 31.8 Å². The van der Waals surface area contributed by atoms with E-state index in [0.717, 1.165) is 0 Å². The van der Waals surface area contributed by atoms with Crippen molar-refractivity contribution >= 4 is 5.91 Å². The molecule has 0 saturated carbocycles. The number of hydrogen-bond acceptors (Lipinski definition) is 2. The molecule has 1 rings (SSSR count). The lowest BCUT2D eigenvalue weighted by atomic mass is 9.96. The van der Waals surface area contributed by atoms with Crippen molar-refractivity contribution in [2.24, 2.45) is 11.7 Å². The van der Waals surface area contributed by atoms with Crippen molar-refractivity contribution in [1.29, 1.82) is 0 Å². The third kappa shape index (κ3) is 3.66. The van der Waals surface area contributed by atoms with Crippen molar-refractivity contribution < 1.29 is 18.0 Å². The van der Waals surface area contributed by atoms with Crippen molar-refractivity contribution in [2.45, 2.75) is 31.9 Å². The van der Waals surface area contributed by atoms with Crippen molar-refractivity contribution in [1.82, 2.24) is 4.90 Å². The highest BCUT2D eigenvalue weighted by molar-refractivity contribution is 5.76. The number of carbonyl (C=O) groups is 1. The number of alkyl halides is 3. The van der Waals surface area contributed by atoms with Crippen LogP contribution in [0.2, 0.25) is 0 Å². The molecule has 0 bridgehead atoms. The zero-order valence-corrected chi connectivity index (χ0v) is 9.09. The molecule has 0 unspecified atom stereocenters. The van der Waals surface area contributed by atoms with Crippen LogP contribution in [0, 0.1) is 5.92 Å². The number of hydrogen-bond donors (Lipinski definition) is 1. The molecule has 0 atom stereocenters. The van der Waals surface area contributed by atoms with Crippen molar-refractivity contribution in [3.8, 4) is 0 Å². The first-order chi connectivity index (χ1) is 7.45. The standard InChI is InChI=1S/C10H17F3N2O/c11-10(12,13)8-3-6-15(7-4-8)9(16)2-1-5-14/h8H,1-7,14H2. The van der Waals surface area contributed by atoms with E-state index in [0.29, 0.717) is 19.4 Å². The lowest BCUT2D eigenvalue weighted by molar-refractivity contribution is -0.186. The maximum absolute atomic E-state index is 12.4. The van der Waals surface area contributed by atoms with Crippen LogP contribution in [0.4, 0.5) is 13.2 Å². The Labute approximate surface area is 92.8 Å². The molecule has 1 amide bonds. The van der Waals surface area contributed by atoms with Gasteiger partial charge in [0.15, 0.2) is 0 Å². The summed E-state index contributed by atoms with van der Waals surface area (Å²) in [6, 6.07) is 0. The zero-order chi connectivity index (χ0) is 12.2. The maximum atomic E-state index is 12.4. The molecule has 0 aromatic heterocycles. The van der Waals surface area contributed by atoms with Crippen LogP contribution in [-0.2, 0) is 4.79 Å². The molecule has 1 aliphatic heterocycles. The molecule has 0 aromatic rings. The van der Waals surface area contributed by atoms with Gasteiger partial charge in [-0.3, -0.25) is 4.79 Å². The highest BCUT2D eigenvalue weighted by Gasteiger charge is 2.41. The second-order valence-corrected chi connectivity index (χ2v) is 4.09. The largest absolute Gasteiger partial charge is 0.391 e. The minimum Gasteiger partial charge on any atom is -0.343 e. The minimum absolute atomic E-state index is 0.0257. The van der Waals surface area contributed by atoms with E-state index >= 15 is 0 Å². The Hall–Kier alpha value is -0.780. The molecule has 1 fully saturated rings. The molecular weight excluding hydrogens is 221 g/mol. The fourth-order valence-electron chi connectivity index (χ4n) is 1.87. The lowest BCUT2D eigenvalue weighted by Crippen LogP contribution is -2.42. The number of nitrogens with zero attached hydrogens (tertiary/aromatic N) is 1. The second kappa shape index (κ2) is 5.52. The number of likely N-dealkylation sites (tertiary alicyclic amines) is 1.